The van der Waals surface area contributed by atoms with Gasteiger partial charge in [-0.2, -0.15) is 0 Å². The number of esters is 2. The maximum atomic E-state index is 12.2. The van der Waals surface area contributed by atoms with Gasteiger partial charge < -0.3 is 14.6 Å². The molecule has 0 fully saturated rings. The first-order chi connectivity index (χ1) is 30.1. The lowest BCUT2D eigenvalue weighted by Crippen LogP contribution is -2.28. The number of hydrogen-bond donors (Lipinski definition) is 1. The van der Waals surface area contributed by atoms with Gasteiger partial charge in [0.05, 0.1) is 6.61 Å². The average molecular weight is 847 g/mol. The highest BCUT2D eigenvalue weighted by atomic mass is 16.6. The standard InChI is InChI=1S/C56H94O5/c1-3-5-7-9-11-13-15-17-18-19-20-21-22-23-24-25-26-27-28-29-30-31-32-33-34-35-36-37-38-39-41-43-45-47-49-51-56(59)61-54(52-57)53-60-55(58)50-48-46-44-42-40-16-14-12-10-8-6-4-2/h5,7,11-14,17-18,20-21,23-24,26-27,29-30,54,57H,3-4,6,8-10,15-16,19,22,25,28,31-53H2,1-2H3/b7-5-,13-11-,14-12-,18-17-,21-20-,24-23-,27-26-,30-29-. The van der Waals surface area contributed by atoms with Crippen molar-refractivity contribution < 1.29 is 24.2 Å². The topological polar surface area (TPSA) is 72.8 Å². The minimum absolute atomic E-state index is 0.0733. The number of ether oxygens (including phenoxy) is 2. The number of aliphatic hydroxyl groups excluding tert-OH is 1. The van der Waals surface area contributed by atoms with Crippen molar-refractivity contribution in [2.24, 2.45) is 0 Å². The Bertz CT molecular complexity index is 1190. The highest BCUT2D eigenvalue weighted by molar-refractivity contribution is 5.70. The van der Waals surface area contributed by atoms with Crippen molar-refractivity contribution in [3.05, 3.63) is 97.2 Å². The largest absolute Gasteiger partial charge is 0.462 e. The van der Waals surface area contributed by atoms with E-state index in [2.05, 4.69) is 111 Å². The molecule has 0 aromatic heterocycles. The second-order valence-corrected chi connectivity index (χ2v) is 16.5. The van der Waals surface area contributed by atoms with Gasteiger partial charge in [-0.3, -0.25) is 9.59 Å². The smallest absolute Gasteiger partial charge is 0.306 e. The predicted octanol–water partition coefficient (Wildman–Crippen LogP) is 16.8. The van der Waals surface area contributed by atoms with Crippen LogP contribution < -0.4 is 0 Å². The number of hydrogen-bond acceptors (Lipinski definition) is 5. The summed E-state index contributed by atoms with van der Waals surface area (Å²) in [6, 6.07) is 0. The summed E-state index contributed by atoms with van der Waals surface area (Å²) >= 11 is 0. The quantitative estimate of drug-likeness (QED) is 0.0375. The maximum absolute atomic E-state index is 12.2. The van der Waals surface area contributed by atoms with Crippen molar-refractivity contribution in [2.75, 3.05) is 13.2 Å². The Morgan fingerprint density at radius 3 is 1.08 bits per heavy atom. The molecule has 5 heteroatoms. The molecule has 0 spiro atoms. The number of carbonyl (C=O) groups excluding carboxylic acids is 2. The van der Waals surface area contributed by atoms with Crippen LogP contribution in [0, 0.1) is 0 Å². The van der Waals surface area contributed by atoms with Crippen LogP contribution in [0.1, 0.15) is 226 Å². The Labute approximate surface area is 377 Å². The lowest BCUT2D eigenvalue weighted by Gasteiger charge is -2.15. The Balaban J connectivity index is 3.52. The number of aliphatic hydroxyl groups is 1. The van der Waals surface area contributed by atoms with Crippen LogP contribution in [0.15, 0.2) is 97.2 Å². The molecular weight excluding hydrogens is 753 g/mol. The summed E-state index contributed by atoms with van der Waals surface area (Å²) < 4.78 is 10.6. The third-order valence-corrected chi connectivity index (χ3v) is 10.6. The SMILES string of the molecule is CC/C=C\C/C=C\C/C=C\C/C=C\C/C=C\C/C=C\C/C=C\CCCCCCCCCCCCCCCC(=O)OC(CO)COC(=O)CCCCCCC/C=C\CCCCC. The minimum atomic E-state index is -0.779. The van der Waals surface area contributed by atoms with Crippen molar-refractivity contribution in [1.29, 1.82) is 0 Å². The van der Waals surface area contributed by atoms with Crippen LogP contribution in [0.5, 0.6) is 0 Å². The number of carbonyl (C=O) groups is 2. The van der Waals surface area contributed by atoms with E-state index in [1.807, 2.05) is 0 Å². The fourth-order valence-electron chi connectivity index (χ4n) is 6.82. The van der Waals surface area contributed by atoms with Crippen molar-refractivity contribution in [3.8, 4) is 0 Å². The minimum Gasteiger partial charge on any atom is -0.462 e. The Kier molecular flexibility index (Phi) is 48.5. The van der Waals surface area contributed by atoms with Crippen LogP contribution in [0.2, 0.25) is 0 Å². The molecule has 1 N–H and O–H groups in total. The lowest BCUT2D eigenvalue weighted by molar-refractivity contribution is -0.161. The highest BCUT2D eigenvalue weighted by Crippen LogP contribution is 2.15. The van der Waals surface area contributed by atoms with Gasteiger partial charge in [-0.05, 0) is 96.3 Å². The molecule has 0 aliphatic rings. The average Bonchev–Trinajstić information content (AvgIpc) is 3.26. The van der Waals surface area contributed by atoms with Crippen LogP contribution in [-0.2, 0) is 19.1 Å². The van der Waals surface area contributed by atoms with Gasteiger partial charge in [-0.15, -0.1) is 0 Å². The van der Waals surface area contributed by atoms with Gasteiger partial charge in [-0.1, -0.05) is 214 Å². The molecule has 0 aliphatic carbocycles. The van der Waals surface area contributed by atoms with E-state index in [9.17, 15) is 14.7 Å². The van der Waals surface area contributed by atoms with E-state index in [1.165, 1.54) is 109 Å². The first kappa shape index (κ1) is 57.8. The van der Waals surface area contributed by atoms with Crippen molar-refractivity contribution in [3.63, 3.8) is 0 Å². The van der Waals surface area contributed by atoms with Gasteiger partial charge in [-0.25, -0.2) is 0 Å². The molecular formula is C56H94O5. The zero-order valence-electron chi connectivity index (χ0n) is 39.6. The summed E-state index contributed by atoms with van der Waals surface area (Å²) in [7, 11) is 0. The molecule has 0 radical (unpaired) electrons. The van der Waals surface area contributed by atoms with E-state index < -0.39 is 6.10 Å². The molecule has 0 amide bonds. The third kappa shape index (κ3) is 49.4. The fourth-order valence-corrected chi connectivity index (χ4v) is 6.82. The van der Waals surface area contributed by atoms with Crippen molar-refractivity contribution in [1.82, 2.24) is 0 Å². The summed E-state index contributed by atoms with van der Waals surface area (Å²) in [5.74, 6) is -0.605. The maximum Gasteiger partial charge on any atom is 0.306 e. The summed E-state index contributed by atoms with van der Waals surface area (Å²) in [6.07, 6.45) is 72.2. The molecule has 0 saturated heterocycles. The summed E-state index contributed by atoms with van der Waals surface area (Å²) in [5.41, 5.74) is 0. The molecule has 0 aromatic carbocycles. The van der Waals surface area contributed by atoms with Crippen molar-refractivity contribution in [2.45, 2.75) is 232 Å². The van der Waals surface area contributed by atoms with E-state index in [1.54, 1.807) is 0 Å². The van der Waals surface area contributed by atoms with E-state index in [-0.39, 0.29) is 25.2 Å². The van der Waals surface area contributed by atoms with Crippen LogP contribution in [0.4, 0.5) is 0 Å². The van der Waals surface area contributed by atoms with E-state index in [4.69, 9.17) is 9.47 Å². The first-order valence-electron chi connectivity index (χ1n) is 25.3. The van der Waals surface area contributed by atoms with E-state index >= 15 is 0 Å². The van der Waals surface area contributed by atoms with Gasteiger partial charge in [0.15, 0.2) is 6.10 Å². The molecule has 348 valence electrons. The molecule has 0 saturated carbocycles. The molecule has 0 aliphatic heterocycles. The third-order valence-electron chi connectivity index (χ3n) is 10.6. The summed E-state index contributed by atoms with van der Waals surface area (Å²) in [4.78, 5) is 24.3. The Morgan fingerprint density at radius 2 is 0.705 bits per heavy atom. The van der Waals surface area contributed by atoms with Gasteiger partial charge in [0, 0.05) is 12.8 Å². The monoisotopic (exact) mass is 847 g/mol. The summed E-state index contributed by atoms with van der Waals surface area (Å²) in [5, 5.41) is 9.59. The van der Waals surface area contributed by atoms with Gasteiger partial charge in [0.25, 0.3) is 0 Å². The Hall–Kier alpha value is -3.18. The molecule has 61 heavy (non-hydrogen) atoms. The molecule has 1 atom stereocenters. The zero-order chi connectivity index (χ0) is 44.2. The van der Waals surface area contributed by atoms with Crippen LogP contribution in [0.25, 0.3) is 0 Å². The van der Waals surface area contributed by atoms with Gasteiger partial charge in [0.2, 0.25) is 0 Å². The number of allylic oxidation sites excluding steroid dienone is 16. The second-order valence-electron chi connectivity index (χ2n) is 16.5. The molecule has 0 rings (SSSR count). The normalized spacial score (nSPS) is 13.0. The molecule has 0 heterocycles. The van der Waals surface area contributed by atoms with E-state index in [0.29, 0.717) is 12.8 Å². The first-order valence-corrected chi connectivity index (χ1v) is 25.3. The number of unbranched alkanes of at least 4 members (excludes halogenated alkanes) is 21. The van der Waals surface area contributed by atoms with Gasteiger partial charge >= 0.3 is 11.9 Å². The van der Waals surface area contributed by atoms with E-state index in [0.717, 1.165) is 89.9 Å². The van der Waals surface area contributed by atoms with Crippen LogP contribution in [-0.4, -0.2) is 36.4 Å². The van der Waals surface area contributed by atoms with Crippen LogP contribution in [0.3, 0.4) is 0 Å². The second kappa shape index (κ2) is 51.2. The van der Waals surface area contributed by atoms with Crippen LogP contribution >= 0.6 is 0 Å². The Morgan fingerprint density at radius 1 is 0.393 bits per heavy atom. The predicted molar refractivity (Wildman–Crippen MR) is 265 cm³/mol. The number of rotatable bonds is 45. The molecule has 0 aromatic rings. The van der Waals surface area contributed by atoms with Gasteiger partial charge in [0.1, 0.15) is 6.61 Å². The highest BCUT2D eigenvalue weighted by Gasteiger charge is 2.16. The lowest BCUT2D eigenvalue weighted by atomic mass is 10.0. The molecule has 1 unspecified atom stereocenters. The molecule has 5 nitrogen and oxygen atoms in total. The molecule has 0 bridgehead atoms. The fraction of sp³-hybridized carbons (Fsp3) is 0.679. The summed E-state index contributed by atoms with van der Waals surface area (Å²) in [6.45, 7) is 3.99. The zero-order valence-corrected chi connectivity index (χ0v) is 39.6. The van der Waals surface area contributed by atoms with Crippen molar-refractivity contribution >= 4 is 11.9 Å².